The summed E-state index contributed by atoms with van der Waals surface area (Å²) in [5.41, 5.74) is 9.23. The van der Waals surface area contributed by atoms with Crippen LogP contribution in [0.5, 0.6) is 0 Å². The molecule has 3 N–H and O–H groups in total. The van der Waals surface area contributed by atoms with Crippen LogP contribution in [0, 0.1) is 0 Å². The van der Waals surface area contributed by atoms with Gasteiger partial charge in [-0.15, -0.1) is 0 Å². The molecule has 5 nitrogen and oxygen atoms in total. The normalized spacial score (nSPS) is 39.2. The molecule has 0 aromatic carbocycles. The number of ether oxygens (including phenoxy) is 1. The highest BCUT2D eigenvalue weighted by molar-refractivity contribution is 5.37. The largest absolute Gasteiger partial charge is 0.465 e. The second kappa shape index (κ2) is 3.61. The number of hydrogen-bond acceptors (Lipinski definition) is 5. The molecule has 2 fully saturated rings. The van der Waals surface area contributed by atoms with Gasteiger partial charge in [0.15, 0.2) is 0 Å². The van der Waals surface area contributed by atoms with Crippen molar-refractivity contribution in [3.05, 3.63) is 0 Å². The third kappa shape index (κ3) is 1.82. The van der Waals surface area contributed by atoms with Crippen LogP contribution in [0.25, 0.3) is 0 Å². The Kier molecular flexibility index (Phi) is 2.48. The molecule has 1 spiro atoms. The second-order valence-electron chi connectivity index (χ2n) is 3.83. The first-order valence-corrected chi connectivity index (χ1v) is 4.69. The minimum atomic E-state index is 0.0837. The van der Waals surface area contributed by atoms with E-state index in [4.69, 9.17) is 4.74 Å². The van der Waals surface area contributed by atoms with Gasteiger partial charge >= 0.3 is 0 Å². The summed E-state index contributed by atoms with van der Waals surface area (Å²) in [5.74, 6) is 0. The third-order valence-electron chi connectivity index (χ3n) is 2.89. The van der Waals surface area contributed by atoms with Gasteiger partial charge in [-0.1, -0.05) is 0 Å². The molecule has 74 valence electrons. The lowest BCUT2D eigenvalue weighted by Gasteiger charge is -2.35. The van der Waals surface area contributed by atoms with Crippen molar-refractivity contribution in [3.8, 4) is 0 Å². The summed E-state index contributed by atoms with van der Waals surface area (Å²) in [6.07, 6.45) is 4.20. The zero-order valence-electron chi connectivity index (χ0n) is 7.51. The molecule has 0 amide bonds. The van der Waals surface area contributed by atoms with Gasteiger partial charge in [0.2, 0.25) is 0 Å². The molecule has 0 aromatic rings. The molecular weight excluding hydrogens is 170 g/mol. The summed E-state index contributed by atoms with van der Waals surface area (Å²) >= 11 is 0. The van der Waals surface area contributed by atoms with Crippen molar-refractivity contribution < 1.29 is 9.53 Å². The molecule has 1 saturated heterocycles. The summed E-state index contributed by atoms with van der Waals surface area (Å²) < 4.78 is 4.99. The molecule has 2 rings (SSSR count). The van der Waals surface area contributed by atoms with E-state index < -0.39 is 0 Å². The second-order valence-corrected chi connectivity index (χ2v) is 3.83. The van der Waals surface area contributed by atoms with Crippen LogP contribution < -0.4 is 16.4 Å². The lowest BCUT2D eigenvalue weighted by atomic mass is 9.81. The third-order valence-corrected chi connectivity index (χ3v) is 2.89. The summed E-state index contributed by atoms with van der Waals surface area (Å²) in [4.78, 5) is 10.2. The minimum Gasteiger partial charge on any atom is -0.465 e. The predicted octanol–water partition coefficient (Wildman–Crippen LogP) is -0.547. The highest BCUT2D eigenvalue weighted by Crippen LogP contribution is 2.30. The summed E-state index contributed by atoms with van der Waals surface area (Å²) in [6.45, 7) is 1.45. The van der Waals surface area contributed by atoms with Gasteiger partial charge in [0.25, 0.3) is 6.47 Å². The molecule has 0 bridgehead atoms. The van der Waals surface area contributed by atoms with Gasteiger partial charge in [0.1, 0.15) is 6.10 Å². The zero-order chi connectivity index (χ0) is 9.15. The zero-order valence-corrected chi connectivity index (χ0v) is 7.51. The van der Waals surface area contributed by atoms with Crippen LogP contribution in [0.1, 0.15) is 25.7 Å². The topological polar surface area (TPSA) is 62.4 Å². The SMILES string of the molecule is O=COC1CCCC2(CNNN2)C1. The van der Waals surface area contributed by atoms with Crippen LogP contribution in [-0.4, -0.2) is 24.7 Å². The summed E-state index contributed by atoms with van der Waals surface area (Å²) in [6, 6.07) is 0. The van der Waals surface area contributed by atoms with E-state index in [-0.39, 0.29) is 11.6 Å². The summed E-state index contributed by atoms with van der Waals surface area (Å²) in [5, 5.41) is 0. The Hall–Kier alpha value is -0.650. The monoisotopic (exact) mass is 185 g/mol. The number of hydrazine groups is 2. The molecule has 5 heteroatoms. The van der Waals surface area contributed by atoms with Gasteiger partial charge in [-0.25, -0.2) is 10.9 Å². The van der Waals surface area contributed by atoms with Crippen molar-refractivity contribution >= 4 is 6.47 Å². The van der Waals surface area contributed by atoms with Crippen molar-refractivity contribution in [2.75, 3.05) is 6.54 Å². The number of nitrogens with one attached hydrogen (secondary N) is 3. The molecule has 2 atom stereocenters. The Bertz CT molecular complexity index is 192. The molecule has 0 radical (unpaired) electrons. The fourth-order valence-electron chi connectivity index (χ4n) is 2.21. The average Bonchev–Trinajstić information content (AvgIpc) is 2.54. The van der Waals surface area contributed by atoms with E-state index >= 15 is 0 Å². The minimum absolute atomic E-state index is 0.0837. The van der Waals surface area contributed by atoms with Gasteiger partial charge < -0.3 is 4.74 Å². The standard InChI is InChI=1S/C8H15N3O2/c12-6-13-7-2-1-3-8(4-7)5-9-11-10-8/h6-7,9-11H,1-5H2. The van der Waals surface area contributed by atoms with Crippen LogP contribution in [-0.2, 0) is 9.53 Å². The number of carbonyl (C=O) groups is 1. The van der Waals surface area contributed by atoms with Crippen LogP contribution in [0.3, 0.4) is 0 Å². The van der Waals surface area contributed by atoms with Crippen LogP contribution in [0.15, 0.2) is 0 Å². The van der Waals surface area contributed by atoms with Crippen LogP contribution >= 0.6 is 0 Å². The molecule has 13 heavy (non-hydrogen) atoms. The first-order chi connectivity index (χ1) is 6.35. The molecule has 2 unspecified atom stereocenters. The lowest BCUT2D eigenvalue weighted by Crippen LogP contribution is -2.50. The highest BCUT2D eigenvalue weighted by atomic mass is 16.5. The Morgan fingerprint density at radius 1 is 1.54 bits per heavy atom. The molecule has 2 aliphatic rings. The number of carbonyl (C=O) groups excluding carboxylic acids is 1. The Morgan fingerprint density at radius 3 is 3.15 bits per heavy atom. The molecule has 0 aromatic heterocycles. The number of rotatable bonds is 2. The quantitative estimate of drug-likeness (QED) is 0.504. The maximum absolute atomic E-state index is 10.2. The predicted molar refractivity (Wildman–Crippen MR) is 46.4 cm³/mol. The first kappa shape index (κ1) is 8.93. The van der Waals surface area contributed by atoms with Crippen LogP contribution in [0.4, 0.5) is 0 Å². The van der Waals surface area contributed by atoms with Crippen molar-refractivity contribution in [2.24, 2.45) is 0 Å². The van der Waals surface area contributed by atoms with Crippen molar-refractivity contribution in [3.63, 3.8) is 0 Å². The average molecular weight is 185 g/mol. The Morgan fingerprint density at radius 2 is 2.46 bits per heavy atom. The smallest absolute Gasteiger partial charge is 0.293 e. The van der Waals surface area contributed by atoms with Gasteiger partial charge in [0, 0.05) is 13.0 Å². The van der Waals surface area contributed by atoms with Gasteiger partial charge in [-0.2, -0.15) is 5.53 Å². The molecule has 1 saturated carbocycles. The fraction of sp³-hybridized carbons (Fsp3) is 0.875. The van der Waals surface area contributed by atoms with E-state index in [0.29, 0.717) is 6.47 Å². The van der Waals surface area contributed by atoms with Crippen LogP contribution in [0.2, 0.25) is 0 Å². The molecular formula is C8H15N3O2. The molecule has 1 aliphatic heterocycles. The Balaban J connectivity index is 1.94. The van der Waals surface area contributed by atoms with E-state index in [9.17, 15) is 4.79 Å². The first-order valence-electron chi connectivity index (χ1n) is 4.69. The van der Waals surface area contributed by atoms with Gasteiger partial charge in [-0.05, 0) is 19.3 Å². The highest BCUT2D eigenvalue weighted by Gasteiger charge is 2.39. The molecule has 1 heterocycles. The summed E-state index contributed by atoms with van der Waals surface area (Å²) in [7, 11) is 0. The van der Waals surface area contributed by atoms with Gasteiger partial charge in [0.05, 0.1) is 5.54 Å². The maximum Gasteiger partial charge on any atom is 0.293 e. The van der Waals surface area contributed by atoms with Gasteiger partial charge in [-0.3, -0.25) is 4.79 Å². The Labute approximate surface area is 77.1 Å². The maximum atomic E-state index is 10.2. The van der Waals surface area contributed by atoms with E-state index in [1.807, 2.05) is 0 Å². The van der Waals surface area contributed by atoms with Crippen molar-refractivity contribution in [1.82, 2.24) is 16.4 Å². The molecule has 1 aliphatic carbocycles. The van der Waals surface area contributed by atoms with E-state index in [2.05, 4.69) is 16.4 Å². The van der Waals surface area contributed by atoms with E-state index in [1.54, 1.807) is 0 Å². The lowest BCUT2D eigenvalue weighted by molar-refractivity contribution is -0.136. The van der Waals surface area contributed by atoms with E-state index in [1.165, 1.54) is 0 Å². The van der Waals surface area contributed by atoms with Crippen molar-refractivity contribution in [2.45, 2.75) is 37.3 Å². The van der Waals surface area contributed by atoms with Crippen molar-refractivity contribution in [1.29, 1.82) is 0 Å². The van der Waals surface area contributed by atoms with E-state index in [0.717, 1.165) is 32.2 Å². The fourth-order valence-corrected chi connectivity index (χ4v) is 2.21. The number of hydrogen-bond donors (Lipinski definition) is 3.